The van der Waals surface area contributed by atoms with Crippen LogP contribution >= 0.6 is 11.6 Å². The number of alkyl halides is 2. The molecule has 0 bridgehead atoms. The van der Waals surface area contributed by atoms with Crippen molar-refractivity contribution in [2.75, 3.05) is 0 Å². The minimum atomic E-state index is -3.88. The number of halogens is 3. The van der Waals surface area contributed by atoms with Gasteiger partial charge in [0.05, 0.1) is 17.7 Å². The Morgan fingerprint density at radius 2 is 2.20 bits per heavy atom. The summed E-state index contributed by atoms with van der Waals surface area (Å²) in [5.41, 5.74) is 1.00. The van der Waals surface area contributed by atoms with Crippen molar-refractivity contribution >= 4 is 11.6 Å². The van der Waals surface area contributed by atoms with E-state index in [4.69, 9.17) is 22.0 Å². The zero-order valence-corrected chi connectivity index (χ0v) is 11.0. The molecule has 2 aromatic heterocycles. The summed E-state index contributed by atoms with van der Waals surface area (Å²) in [6.07, 6.45) is -4.81. The number of H-pyrrole nitrogens is 1. The quantitative estimate of drug-likeness (QED) is 0.852. The molecule has 0 radical (unpaired) electrons. The van der Waals surface area contributed by atoms with Crippen LogP contribution in [0.3, 0.4) is 0 Å². The molecule has 104 valence electrons. The summed E-state index contributed by atoms with van der Waals surface area (Å²) in [5.74, 6) is 0. The predicted molar refractivity (Wildman–Crippen MR) is 67.2 cm³/mol. The van der Waals surface area contributed by atoms with E-state index in [-0.39, 0.29) is 22.1 Å². The number of aryl methyl sites for hydroxylation is 1. The molecule has 0 unspecified atom stereocenters. The Hall–Kier alpha value is -2.04. The van der Waals surface area contributed by atoms with Crippen molar-refractivity contribution in [3.8, 4) is 17.3 Å². The zero-order valence-electron chi connectivity index (χ0n) is 10.3. The van der Waals surface area contributed by atoms with Gasteiger partial charge < -0.3 is 5.11 Å². The SMILES string of the molecule is Cc1[nH]nc(C#N)c1-c1nc(Cl)ccc1CC(O)(F)F. The summed E-state index contributed by atoms with van der Waals surface area (Å²) < 4.78 is 25.6. The number of nitriles is 1. The fourth-order valence-electron chi connectivity index (χ4n) is 1.85. The highest BCUT2D eigenvalue weighted by Crippen LogP contribution is 2.31. The summed E-state index contributed by atoms with van der Waals surface area (Å²) in [5, 5.41) is 24.1. The fourth-order valence-corrected chi connectivity index (χ4v) is 2.00. The molecule has 20 heavy (non-hydrogen) atoms. The maximum Gasteiger partial charge on any atom is 0.357 e. The van der Waals surface area contributed by atoms with Crippen LogP contribution < -0.4 is 0 Å². The molecule has 0 spiro atoms. The van der Waals surface area contributed by atoms with Gasteiger partial charge in [-0.25, -0.2) is 4.98 Å². The van der Waals surface area contributed by atoms with Crippen LogP contribution in [0.25, 0.3) is 11.3 Å². The lowest BCUT2D eigenvalue weighted by molar-refractivity contribution is -0.196. The molecular weight excluding hydrogens is 290 g/mol. The summed E-state index contributed by atoms with van der Waals surface area (Å²) in [6, 6.07) is 4.53. The molecule has 0 fully saturated rings. The van der Waals surface area contributed by atoms with E-state index in [1.807, 2.05) is 6.07 Å². The molecule has 0 aliphatic heterocycles. The van der Waals surface area contributed by atoms with E-state index < -0.39 is 12.5 Å². The Morgan fingerprint density at radius 3 is 2.80 bits per heavy atom. The number of aromatic nitrogens is 3. The van der Waals surface area contributed by atoms with E-state index in [2.05, 4.69) is 15.2 Å². The van der Waals surface area contributed by atoms with E-state index in [9.17, 15) is 8.78 Å². The monoisotopic (exact) mass is 298 g/mol. The first-order chi connectivity index (χ1) is 9.31. The highest BCUT2D eigenvalue weighted by atomic mass is 35.5. The average Bonchev–Trinajstić information content (AvgIpc) is 2.71. The van der Waals surface area contributed by atoms with E-state index in [0.29, 0.717) is 11.3 Å². The largest absolute Gasteiger partial charge is 0.357 e. The molecule has 2 aromatic rings. The second-order valence-electron chi connectivity index (χ2n) is 4.17. The van der Waals surface area contributed by atoms with Gasteiger partial charge in [0, 0.05) is 5.69 Å². The summed E-state index contributed by atoms with van der Waals surface area (Å²) in [6.45, 7) is 1.63. The molecular formula is C12H9ClF2N4O. The van der Waals surface area contributed by atoms with Crippen molar-refractivity contribution in [3.63, 3.8) is 0 Å². The third-order valence-corrected chi connectivity index (χ3v) is 2.85. The van der Waals surface area contributed by atoms with Crippen molar-refractivity contribution in [1.82, 2.24) is 15.2 Å². The maximum absolute atomic E-state index is 12.8. The Labute approximate surface area is 117 Å². The fraction of sp³-hybridized carbons (Fsp3) is 0.250. The number of hydrogen-bond donors (Lipinski definition) is 2. The van der Waals surface area contributed by atoms with Gasteiger partial charge in [-0.05, 0) is 18.6 Å². The molecule has 8 heteroatoms. The molecule has 0 atom stereocenters. The van der Waals surface area contributed by atoms with Crippen LogP contribution in [0, 0.1) is 18.3 Å². The smallest absolute Gasteiger partial charge is 0.336 e. The van der Waals surface area contributed by atoms with Gasteiger partial charge in [0.25, 0.3) is 0 Å². The van der Waals surface area contributed by atoms with Crippen LogP contribution in [0.1, 0.15) is 17.0 Å². The van der Waals surface area contributed by atoms with E-state index in [0.717, 1.165) is 0 Å². The Kier molecular flexibility index (Phi) is 3.70. The van der Waals surface area contributed by atoms with Crippen LogP contribution in [0.4, 0.5) is 8.78 Å². The lowest BCUT2D eigenvalue weighted by Crippen LogP contribution is -2.18. The lowest BCUT2D eigenvalue weighted by atomic mass is 10.0. The van der Waals surface area contributed by atoms with Crippen molar-refractivity contribution in [3.05, 3.63) is 34.2 Å². The van der Waals surface area contributed by atoms with Crippen molar-refractivity contribution in [2.24, 2.45) is 0 Å². The van der Waals surface area contributed by atoms with E-state index >= 15 is 0 Å². The molecule has 2 N–H and O–H groups in total. The zero-order chi connectivity index (χ0) is 14.9. The second-order valence-corrected chi connectivity index (χ2v) is 4.56. The van der Waals surface area contributed by atoms with Gasteiger partial charge in [-0.2, -0.15) is 19.1 Å². The minimum Gasteiger partial charge on any atom is -0.336 e. The van der Waals surface area contributed by atoms with E-state index in [1.165, 1.54) is 12.1 Å². The molecule has 2 rings (SSSR count). The first kappa shape index (κ1) is 14.4. The number of rotatable bonds is 3. The summed E-state index contributed by atoms with van der Waals surface area (Å²) >= 11 is 5.78. The summed E-state index contributed by atoms with van der Waals surface area (Å²) in [7, 11) is 0. The highest BCUT2D eigenvalue weighted by molar-refractivity contribution is 6.29. The maximum atomic E-state index is 12.8. The van der Waals surface area contributed by atoms with Crippen LogP contribution in [0.2, 0.25) is 5.15 Å². The van der Waals surface area contributed by atoms with Gasteiger partial charge in [-0.15, -0.1) is 0 Å². The van der Waals surface area contributed by atoms with Gasteiger partial charge >= 0.3 is 6.11 Å². The third-order valence-electron chi connectivity index (χ3n) is 2.64. The average molecular weight is 299 g/mol. The number of nitrogens with zero attached hydrogens (tertiary/aromatic N) is 3. The van der Waals surface area contributed by atoms with Crippen LogP contribution in [-0.4, -0.2) is 26.4 Å². The lowest BCUT2D eigenvalue weighted by Gasteiger charge is -2.12. The molecule has 0 aromatic carbocycles. The highest BCUT2D eigenvalue weighted by Gasteiger charge is 2.28. The standard InChI is InChI=1S/C12H9ClF2N4O/c1-6-10(8(5-16)19-18-6)11-7(4-12(14,15)20)2-3-9(13)17-11/h2-3,20H,4H2,1H3,(H,18,19). The molecule has 5 nitrogen and oxygen atoms in total. The first-order valence-corrected chi connectivity index (χ1v) is 5.90. The molecule has 0 aliphatic carbocycles. The number of aliphatic hydroxyl groups is 1. The van der Waals surface area contributed by atoms with Gasteiger partial charge in [-0.1, -0.05) is 17.7 Å². The number of hydrogen-bond acceptors (Lipinski definition) is 4. The molecule has 0 aliphatic rings. The number of aromatic amines is 1. The second kappa shape index (κ2) is 5.15. The Bertz CT molecular complexity index is 688. The van der Waals surface area contributed by atoms with Gasteiger partial charge in [0.1, 0.15) is 11.2 Å². The van der Waals surface area contributed by atoms with E-state index in [1.54, 1.807) is 6.92 Å². The topological polar surface area (TPSA) is 85.6 Å². The number of pyridine rings is 1. The molecule has 0 saturated heterocycles. The van der Waals surface area contributed by atoms with Crippen LogP contribution in [-0.2, 0) is 6.42 Å². The molecule has 2 heterocycles. The first-order valence-electron chi connectivity index (χ1n) is 5.53. The van der Waals surface area contributed by atoms with Crippen LogP contribution in [0.5, 0.6) is 0 Å². The Balaban J connectivity index is 2.64. The minimum absolute atomic E-state index is 0.0276. The third kappa shape index (κ3) is 2.92. The van der Waals surface area contributed by atoms with Gasteiger partial charge in [-0.3, -0.25) is 5.10 Å². The van der Waals surface area contributed by atoms with Crippen molar-refractivity contribution in [2.45, 2.75) is 19.5 Å². The Morgan fingerprint density at radius 1 is 1.50 bits per heavy atom. The normalized spacial score (nSPS) is 11.4. The van der Waals surface area contributed by atoms with Crippen molar-refractivity contribution in [1.29, 1.82) is 5.26 Å². The van der Waals surface area contributed by atoms with Crippen LogP contribution in [0.15, 0.2) is 12.1 Å². The molecule has 0 saturated carbocycles. The van der Waals surface area contributed by atoms with Crippen molar-refractivity contribution < 1.29 is 13.9 Å². The van der Waals surface area contributed by atoms with Gasteiger partial charge in [0.15, 0.2) is 5.69 Å². The molecule has 0 amide bonds. The number of nitrogens with one attached hydrogen (secondary N) is 1. The van der Waals surface area contributed by atoms with Gasteiger partial charge in [0.2, 0.25) is 0 Å². The predicted octanol–water partition coefficient (Wildman–Crippen LogP) is 2.43. The summed E-state index contributed by atoms with van der Waals surface area (Å²) in [4.78, 5) is 3.98.